The van der Waals surface area contributed by atoms with Gasteiger partial charge in [0.1, 0.15) is 0 Å². The van der Waals surface area contributed by atoms with Gasteiger partial charge >= 0.3 is 6.03 Å². The first-order valence-electron chi connectivity index (χ1n) is 8.57. The summed E-state index contributed by atoms with van der Waals surface area (Å²) in [6, 6.07) is 0.153. The quantitative estimate of drug-likeness (QED) is 0.651. The second-order valence-corrected chi connectivity index (χ2v) is 7.55. The van der Waals surface area contributed by atoms with E-state index in [-0.39, 0.29) is 18.7 Å². The minimum absolute atomic E-state index is 0.00699. The molecule has 0 radical (unpaired) electrons. The van der Waals surface area contributed by atoms with Crippen molar-refractivity contribution in [3.8, 4) is 0 Å². The van der Waals surface area contributed by atoms with Crippen LogP contribution in [0.15, 0.2) is 0 Å². The predicted molar refractivity (Wildman–Crippen MR) is 91.9 cm³/mol. The number of aliphatic hydroxyl groups excluding tert-OH is 1. The normalized spacial score (nSPS) is 27.4. The number of amides is 2. The molecule has 1 heterocycles. The van der Waals surface area contributed by atoms with E-state index in [1.54, 1.807) is 0 Å². The van der Waals surface area contributed by atoms with E-state index in [2.05, 4.69) is 16.9 Å². The van der Waals surface area contributed by atoms with Crippen LogP contribution in [0.25, 0.3) is 0 Å². The second kappa shape index (κ2) is 9.71. The molecule has 1 aliphatic heterocycles. The standard InChI is InChI=1S/C16H30N2O4S/c1-23-14-4-2-3-13(11-14)18-15(20)17-12-16(22-10-7-19)5-8-21-9-6-16/h13-14,19H,2-12H2,1H3,(H2,17,18,20)/t13-,14-/m1/s1. The van der Waals surface area contributed by atoms with Crippen LogP contribution in [0.3, 0.4) is 0 Å². The van der Waals surface area contributed by atoms with Gasteiger partial charge in [0.05, 0.1) is 18.8 Å². The fourth-order valence-corrected chi connectivity index (χ4v) is 4.17. The minimum Gasteiger partial charge on any atom is -0.394 e. The van der Waals surface area contributed by atoms with Gasteiger partial charge in [-0.2, -0.15) is 11.8 Å². The van der Waals surface area contributed by atoms with Gasteiger partial charge in [0, 0.05) is 43.9 Å². The van der Waals surface area contributed by atoms with E-state index in [9.17, 15) is 4.79 Å². The molecule has 0 aromatic rings. The average molecular weight is 346 g/mol. The summed E-state index contributed by atoms with van der Waals surface area (Å²) in [6.45, 7) is 2.01. The Hall–Kier alpha value is -0.500. The molecule has 2 rings (SSSR count). The molecule has 1 aliphatic carbocycles. The maximum atomic E-state index is 12.2. The van der Waals surface area contributed by atoms with Gasteiger partial charge in [-0.05, 0) is 25.5 Å². The van der Waals surface area contributed by atoms with Crippen molar-refractivity contribution < 1.29 is 19.4 Å². The number of aliphatic hydroxyl groups is 1. The lowest BCUT2D eigenvalue weighted by molar-refractivity contribution is -0.114. The van der Waals surface area contributed by atoms with Gasteiger partial charge in [-0.15, -0.1) is 0 Å². The van der Waals surface area contributed by atoms with E-state index >= 15 is 0 Å². The molecule has 2 atom stereocenters. The molecule has 134 valence electrons. The van der Waals surface area contributed by atoms with Crippen LogP contribution in [0.1, 0.15) is 38.5 Å². The number of hydrogen-bond donors (Lipinski definition) is 3. The van der Waals surface area contributed by atoms with Crippen molar-refractivity contribution in [2.24, 2.45) is 0 Å². The van der Waals surface area contributed by atoms with E-state index in [1.165, 1.54) is 12.8 Å². The monoisotopic (exact) mass is 346 g/mol. The van der Waals surface area contributed by atoms with Crippen LogP contribution in [0.4, 0.5) is 4.79 Å². The third-order valence-electron chi connectivity index (χ3n) is 4.77. The first-order valence-corrected chi connectivity index (χ1v) is 9.86. The summed E-state index contributed by atoms with van der Waals surface area (Å²) >= 11 is 1.89. The Morgan fingerprint density at radius 2 is 2.17 bits per heavy atom. The molecule has 2 amide bonds. The number of rotatable bonds is 7. The highest BCUT2D eigenvalue weighted by atomic mass is 32.2. The maximum Gasteiger partial charge on any atom is 0.315 e. The van der Waals surface area contributed by atoms with Crippen LogP contribution in [-0.4, -0.2) is 67.3 Å². The van der Waals surface area contributed by atoms with Crippen molar-refractivity contribution in [3.63, 3.8) is 0 Å². The van der Waals surface area contributed by atoms with Crippen molar-refractivity contribution in [3.05, 3.63) is 0 Å². The van der Waals surface area contributed by atoms with Gasteiger partial charge in [-0.25, -0.2) is 4.79 Å². The van der Waals surface area contributed by atoms with Crippen molar-refractivity contribution in [2.75, 3.05) is 39.2 Å². The Bertz CT molecular complexity index is 364. The topological polar surface area (TPSA) is 79.8 Å². The van der Waals surface area contributed by atoms with E-state index in [0.717, 1.165) is 25.7 Å². The summed E-state index contributed by atoms with van der Waals surface area (Å²) in [6.07, 6.45) is 8.16. The summed E-state index contributed by atoms with van der Waals surface area (Å²) in [5.41, 5.74) is -0.410. The predicted octanol–water partition coefficient (Wildman–Crippen LogP) is 1.52. The molecule has 1 saturated heterocycles. The molecule has 0 unspecified atom stereocenters. The molecule has 0 aromatic carbocycles. The van der Waals surface area contributed by atoms with Gasteiger partial charge in [0.2, 0.25) is 0 Å². The fraction of sp³-hybridized carbons (Fsp3) is 0.938. The zero-order valence-corrected chi connectivity index (χ0v) is 14.8. The molecule has 2 fully saturated rings. The van der Waals surface area contributed by atoms with Crippen LogP contribution in [-0.2, 0) is 9.47 Å². The van der Waals surface area contributed by atoms with Gasteiger partial charge in [-0.3, -0.25) is 0 Å². The Morgan fingerprint density at radius 1 is 1.39 bits per heavy atom. The van der Waals surface area contributed by atoms with Crippen LogP contribution >= 0.6 is 11.8 Å². The molecule has 0 aromatic heterocycles. The smallest absolute Gasteiger partial charge is 0.315 e. The van der Waals surface area contributed by atoms with Gasteiger partial charge in [0.25, 0.3) is 0 Å². The van der Waals surface area contributed by atoms with Crippen LogP contribution in [0, 0.1) is 0 Å². The van der Waals surface area contributed by atoms with Crippen molar-refractivity contribution in [2.45, 2.75) is 55.4 Å². The molecule has 23 heavy (non-hydrogen) atoms. The minimum atomic E-state index is -0.410. The highest BCUT2D eigenvalue weighted by Crippen LogP contribution is 2.27. The molecule has 7 heteroatoms. The third-order valence-corrected chi connectivity index (χ3v) is 5.86. The largest absolute Gasteiger partial charge is 0.394 e. The molecule has 3 N–H and O–H groups in total. The maximum absolute atomic E-state index is 12.2. The van der Waals surface area contributed by atoms with E-state index in [4.69, 9.17) is 14.6 Å². The highest BCUT2D eigenvalue weighted by molar-refractivity contribution is 7.99. The zero-order chi connectivity index (χ0) is 16.5. The van der Waals surface area contributed by atoms with E-state index in [1.807, 2.05) is 11.8 Å². The first-order chi connectivity index (χ1) is 11.2. The molecular formula is C16H30N2O4S. The Labute approximate surface area is 143 Å². The lowest BCUT2D eigenvalue weighted by Crippen LogP contribution is -2.52. The fourth-order valence-electron chi connectivity index (χ4n) is 3.35. The van der Waals surface area contributed by atoms with E-state index in [0.29, 0.717) is 31.6 Å². The highest BCUT2D eigenvalue weighted by Gasteiger charge is 2.34. The van der Waals surface area contributed by atoms with Crippen molar-refractivity contribution in [1.82, 2.24) is 10.6 Å². The van der Waals surface area contributed by atoms with Crippen molar-refractivity contribution >= 4 is 17.8 Å². The lowest BCUT2D eigenvalue weighted by atomic mass is 9.93. The van der Waals surface area contributed by atoms with Gasteiger partial charge < -0.3 is 25.2 Å². The Kier molecular flexibility index (Phi) is 7.95. The first kappa shape index (κ1) is 18.8. The Morgan fingerprint density at radius 3 is 2.87 bits per heavy atom. The average Bonchev–Trinajstić information content (AvgIpc) is 2.59. The van der Waals surface area contributed by atoms with Crippen LogP contribution in [0.2, 0.25) is 0 Å². The van der Waals surface area contributed by atoms with Gasteiger partial charge in [0.15, 0.2) is 0 Å². The molecule has 0 spiro atoms. The zero-order valence-electron chi connectivity index (χ0n) is 14.0. The van der Waals surface area contributed by atoms with Crippen LogP contribution in [0.5, 0.6) is 0 Å². The summed E-state index contributed by atoms with van der Waals surface area (Å²) in [5.74, 6) is 0. The lowest BCUT2D eigenvalue weighted by Gasteiger charge is -2.37. The number of ether oxygens (including phenoxy) is 2. The molecule has 0 bridgehead atoms. The molecular weight excluding hydrogens is 316 g/mol. The summed E-state index contributed by atoms with van der Waals surface area (Å²) in [5, 5.41) is 15.7. The summed E-state index contributed by atoms with van der Waals surface area (Å²) < 4.78 is 11.2. The Balaban J connectivity index is 1.76. The third kappa shape index (κ3) is 6.14. The number of carbonyl (C=O) groups excluding carboxylic acids is 1. The SMILES string of the molecule is CS[C@@H]1CCC[C@@H](NC(=O)NCC2(OCCO)CCOCC2)C1. The summed E-state index contributed by atoms with van der Waals surface area (Å²) in [7, 11) is 0. The van der Waals surface area contributed by atoms with Crippen molar-refractivity contribution in [1.29, 1.82) is 0 Å². The number of nitrogens with one attached hydrogen (secondary N) is 2. The molecule has 6 nitrogen and oxygen atoms in total. The van der Waals surface area contributed by atoms with Crippen LogP contribution < -0.4 is 10.6 Å². The van der Waals surface area contributed by atoms with Gasteiger partial charge in [-0.1, -0.05) is 6.42 Å². The second-order valence-electron chi connectivity index (χ2n) is 6.42. The summed E-state index contributed by atoms with van der Waals surface area (Å²) in [4.78, 5) is 12.2. The van der Waals surface area contributed by atoms with E-state index < -0.39 is 5.60 Å². The number of urea groups is 1. The molecule has 1 saturated carbocycles. The number of carbonyl (C=O) groups is 1. The number of hydrogen-bond acceptors (Lipinski definition) is 5. The number of thioether (sulfide) groups is 1. The molecule has 2 aliphatic rings.